The van der Waals surface area contributed by atoms with E-state index in [2.05, 4.69) is 12.1 Å². The number of esters is 2. The van der Waals surface area contributed by atoms with Crippen LogP contribution in [0, 0.1) is 0 Å². The molecule has 0 bridgehead atoms. The topological polar surface area (TPSA) is 52.6 Å². The second-order valence-electron chi connectivity index (χ2n) is 6.06. The number of benzene rings is 2. The second kappa shape index (κ2) is 5.29. The molecule has 5 heteroatoms. The molecule has 0 spiro atoms. The molecule has 0 amide bonds. The Bertz CT molecular complexity index is 966. The molecular formula is C20H12O4S. The molecule has 0 N–H and O–H groups in total. The van der Waals surface area contributed by atoms with Crippen LogP contribution in [-0.4, -0.2) is 11.9 Å². The van der Waals surface area contributed by atoms with E-state index in [4.69, 9.17) is 9.47 Å². The lowest BCUT2D eigenvalue weighted by atomic mass is 10.0. The Labute approximate surface area is 147 Å². The van der Waals surface area contributed by atoms with E-state index in [0.29, 0.717) is 24.3 Å². The zero-order valence-electron chi connectivity index (χ0n) is 13.1. The summed E-state index contributed by atoms with van der Waals surface area (Å²) in [7, 11) is 0. The first-order valence-corrected chi connectivity index (χ1v) is 8.71. The van der Waals surface area contributed by atoms with Gasteiger partial charge in [0.15, 0.2) is 0 Å². The summed E-state index contributed by atoms with van der Waals surface area (Å²) >= 11 is 1.68. The van der Waals surface area contributed by atoms with Crippen LogP contribution in [0.2, 0.25) is 0 Å². The molecule has 2 aliphatic heterocycles. The van der Waals surface area contributed by atoms with Crippen molar-refractivity contribution in [2.24, 2.45) is 0 Å². The Kier molecular flexibility index (Phi) is 3.05. The molecule has 3 aromatic rings. The SMILES string of the molecule is O=C1OCc2cc(-c3ccc(-c4ccc5c(c4)COC5=O)s3)ccc21. The van der Waals surface area contributed by atoms with Gasteiger partial charge in [0.1, 0.15) is 13.2 Å². The summed E-state index contributed by atoms with van der Waals surface area (Å²) < 4.78 is 10.1. The van der Waals surface area contributed by atoms with Gasteiger partial charge in [0.25, 0.3) is 0 Å². The van der Waals surface area contributed by atoms with Gasteiger partial charge in [-0.25, -0.2) is 9.59 Å². The summed E-state index contributed by atoms with van der Waals surface area (Å²) in [5, 5.41) is 0. The van der Waals surface area contributed by atoms with Crippen LogP contribution in [0.4, 0.5) is 0 Å². The summed E-state index contributed by atoms with van der Waals surface area (Å²) in [5.74, 6) is -0.494. The smallest absolute Gasteiger partial charge is 0.338 e. The van der Waals surface area contributed by atoms with Gasteiger partial charge in [-0.1, -0.05) is 12.1 Å². The van der Waals surface area contributed by atoms with Crippen molar-refractivity contribution >= 4 is 23.3 Å². The highest BCUT2D eigenvalue weighted by molar-refractivity contribution is 7.18. The van der Waals surface area contributed by atoms with Crippen molar-refractivity contribution in [3.8, 4) is 20.9 Å². The van der Waals surface area contributed by atoms with Gasteiger partial charge < -0.3 is 9.47 Å². The highest BCUT2D eigenvalue weighted by Gasteiger charge is 2.23. The maximum absolute atomic E-state index is 11.6. The second-order valence-corrected chi connectivity index (χ2v) is 7.14. The van der Waals surface area contributed by atoms with Crippen molar-refractivity contribution in [3.05, 3.63) is 70.8 Å². The monoisotopic (exact) mass is 348 g/mol. The van der Waals surface area contributed by atoms with Gasteiger partial charge in [-0.15, -0.1) is 11.3 Å². The Balaban J connectivity index is 1.50. The van der Waals surface area contributed by atoms with Crippen LogP contribution < -0.4 is 0 Å². The predicted octanol–water partition coefficient (Wildman–Crippen LogP) is 4.42. The van der Waals surface area contributed by atoms with Crippen LogP contribution in [0.3, 0.4) is 0 Å². The lowest BCUT2D eigenvalue weighted by molar-refractivity contribution is 0.0526. The fourth-order valence-electron chi connectivity index (χ4n) is 3.22. The van der Waals surface area contributed by atoms with E-state index in [0.717, 1.165) is 32.0 Å². The molecular weight excluding hydrogens is 336 g/mol. The van der Waals surface area contributed by atoms with Crippen LogP contribution in [-0.2, 0) is 22.7 Å². The molecule has 0 radical (unpaired) electrons. The fourth-order valence-corrected chi connectivity index (χ4v) is 4.22. The zero-order chi connectivity index (χ0) is 17.0. The number of thiophene rings is 1. The summed E-state index contributed by atoms with van der Waals surface area (Å²) in [6.07, 6.45) is 0. The standard InChI is InChI=1S/C20H12O4S/c21-19-15-3-1-11(7-13(15)9-23-19)17-5-6-18(25-17)12-2-4-16-14(8-12)10-24-20(16)22/h1-8H,9-10H2. The average molecular weight is 348 g/mol. The molecule has 0 fully saturated rings. The number of rotatable bonds is 2. The highest BCUT2D eigenvalue weighted by Crippen LogP contribution is 2.37. The third kappa shape index (κ3) is 2.27. The first-order valence-electron chi connectivity index (χ1n) is 7.90. The number of hydrogen-bond acceptors (Lipinski definition) is 5. The van der Waals surface area contributed by atoms with Crippen LogP contribution in [0.5, 0.6) is 0 Å². The lowest BCUT2D eigenvalue weighted by Gasteiger charge is -2.01. The molecule has 2 aromatic carbocycles. The molecule has 122 valence electrons. The van der Waals surface area contributed by atoms with Gasteiger partial charge in [0.2, 0.25) is 0 Å². The van der Waals surface area contributed by atoms with Crippen LogP contribution in [0.25, 0.3) is 20.9 Å². The first kappa shape index (κ1) is 14.4. The van der Waals surface area contributed by atoms with Gasteiger partial charge in [0, 0.05) is 20.9 Å². The number of carbonyl (C=O) groups is 2. The Morgan fingerprint density at radius 1 is 0.680 bits per heavy atom. The van der Waals surface area contributed by atoms with Crippen molar-refractivity contribution in [2.45, 2.75) is 13.2 Å². The molecule has 5 rings (SSSR count). The molecule has 1 aromatic heterocycles. The third-order valence-corrected chi connectivity index (χ3v) is 5.73. The van der Waals surface area contributed by atoms with Crippen LogP contribution in [0.15, 0.2) is 48.5 Å². The predicted molar refractivity (Wildman–Crippen MR) is 93.4 cm³/mol. The lowest BCUT2D eigenvalue weighted by Crippen LogP contribution is -1.92. The van der Waals surface area contributed by atoms with Gasteiger partial charge in [-0.05, 0) is 47.5 Å². The maximum atomic E-state index is 11.6. The van der Waals surface area contributed by atoms with E-state index in [-0.39, 0.29) is 11.9 Å². The van der Waals surface area contributed by atoms with Gasteiger partial charge in [-0.3, -0.25) is 0 Å². The van der Waals surface area contributed by atoms with Crippen molar-refractivity contribution in [3.63, 3.8) is 0 Å². The summed E-state index contributed by atoms with van der Waals surface area (Å²) in [6, 6.07) is 15.8. The minimum absolute atomic E-state index is 0.247. The summed E-state index contributed by atoms with van der Waals surface area (Å²) in [6.45, 7) is 0.693. The zero-order valence-corrected chi connectivity index (χ0v) is 13.9. The summed E-state index contributed by atoms with van der Waals surface area (Å²) in [5.41, 5.74) is 5.34. The molecule has 0 unspecified atom stereocenters. The van der Waals surface area contributed by atoms with Gasteiger partial charge >= 0.3 is 11.9 Å². The number of carbonyl (C=O) groups excluding carboxylic acids is 2. The first-order chi connectivity index (χ1) is 12.2. The minimum atomic E-state index is -0.247. The normalized spacial score (nSPS) is 14.9. The van der Waals surface area contributed by atoms with Gasteiger partial charge in [0.05, 0.1) is 11.1 Å². The number of cyclic esters (lactones) is 2. The van der Waals surface area contributed by atoms with E-state index in [9.17, 15) is 9.59 Å². The Morgan fingerprint density at radius 2 is 1.16 bits per heavy atom. The minimum Gasteiger partial charge on any atom is -0.457 e. The van der Waals surface area contributed by atoms with Crippen molar-refractivity contribution in [1.29, 1.82) is 0 Å². The molecule has 2 aliphatic rings. The number of fused-ring (bicyclic) bond motifs is 2. The van der Waals surface area contributed by atoms with E-state index < -0.39 is 0 Å². The van der Waals surface area contributed by atoms with Crippen molar-refractivity contribution in [2.75, 3.05) is 0 Å². The molecule has 0 atom stereocenters. The Morgan fingerprint density at radius 3 is 1.64 bits per heavy atom. The van der Waals surface area contributed by atoms with Crippen LogP contribution in [0.1, 0.15) is 31.8 Å². The molecule has 0 saturated heterocycles. The quantitative estimate of drug-likeness (QED) is 0.643. The van der Waals surface area contributed by atoms with Crippen LogP contribution >= 0.6 is 11.3 Å². The number of ether oxygens (including phenoxy) is 2. The van der Waals surface area contributed by atoms with Gasteiger partial charge in [-0.2, -0.15) is 0 Å². The van der Waals surface area contributed by atoms with E-state index in [1.807, 2.05) is 36.4 Å². The fraction of sp³-hybridized carbons (Fsp3) is 0.100. The molecule has 4 nitrogen and oxygen atoms in total. The summed E-state index contributed by atoms with van der Waals surface area (Å²) in [4.78, 5) is 25.4. The molecule has 0 aliphatic carbocycles. The van der Waals surface area contributed by atoms with Crippen molar-refractivity contribution < 1.29 is 19.1 Å². The molecule has 25 heavy (non-hydrogen) atoms. The largest absolute Gasteiger partial charge is 0.457 e. The number of hydrogen-bond donors (Lipinski definition) is 0. The maximum Gasteiger partial charge on any atom is 0.338 e. The molecule has 0 saturated carbocycles. The van der Waals surface area contributed by atoms with Crippen molar-refractivity contribution in [1.82, 2.24) is 0 Å². The average Bonchev–Trinajstić information content (AvgIpc) is 3.34. The third-order valence-electron chi connectivity index (χ3n) is 4.54. The Hall–Kier alpha value is -2.92. The van der Waals surface area contributed by atoms with E-state index in [1.165, 1.54) is 0 Å². The molecule has 3 heterocycles. The van der Waals surface area contributed by atoms with E-state index >= 15 is 0 Å². The van der Waals surface area contributed by atoms with E-state index in [1.54, 1.807) is 11.3 Å². The highest BCUT2D eigenvalue weighted by atomic mass is 32.1.